The van der Waals surface area contributed by atoms with Crippen LogP contribution in [0, 0.1) is 18.3 Å². The number of aromatic amines is 1. The van der Waals surface area contributed by atoms with Gasteiger partial charge in [0.15, 0.2) is 0 Å². The van der Waals surface area contributed by atoms with E-state index in [1.165, 1.54) is 0 Å². The molecule has 29 heavy (non-hydrogen) atoms. The van der Waals surface area contributed by atoms with Crippen LogP contribution in [0.1, 0.15) is 16.8 Å². The Morgan fingerprint density at radius 3 is 2.34 bits per heavy atom. The molecule has 0 saturated carbocycles. The summed E-state index contributed by atoms with van der Waals surface area (Å²) in [7, 11) is 3.38. The Morgan fingerprint density at radius 2 is 1.76 bits per heavy atom. The first-order chi connectivity index (χ1) is 13.6. The van der Waals surface area contributed by atoms with Gasteiger partial charge in [-0.1, -0.05) is 18.2 Å². The Kier molecular flexibility index (Phi) is 5.16. The van der Waals surface area contributed by atoms with Crippen molar-refractivity contribution in [2.75, 3.05) is 19.0 Å². The number of hydrogen-bond donors (Lipinski definition) is 1. The van der Waals surface area contributed by atoms with Crippen LogP contribution in [0.25, 0.3) is 22.3 Å². The molecular weight excluding hydrogens is 381 g/mol. The van der Waals surface area contributed by atoms with Crippen molar-refractivity contribution in [1.29, 1.82) is 5.26 Å². The van der Waals surface area contributed by atoms with Gasteiger partial charge in [-0.25, -0.2) is 4.98 Å². The minimum atomic E-state index is -4.53. The maximum absolute atomic E-state index is 13.2. The lowest BCUT2D eigenvalue weighted by Gasteiger charge is -2.19. The Morgan fingerprint density at radius 1 is 1.10 bits per heavy atom. The van der Waals surface area contributed by atoms with Crippen LogP contribution >= 0.6 is 0 Å². The number of H-pyrrole nitrogens is 1. The van der Waals surface area contributed by atoms with E-state index < -0.39 is 17.3 Å². The maximum atomic E-state index is 13.2. The van der Waals surface area contributed by atoms with Crippen LogP contribution in [0.4, 0.5) is 19.0 Å². The minimum Gasteiger partial charge on any atom is -0.362 e. The zero-order valence-corrected chi connectivity index (χ0v) is 15.9. The highest BCUT2D eigenvalue weighted by molar-refractivity contribution is 5.81. The van der Waals surface area contributed by atoms with Gasteiger partial charge in [0.05, 0.1) is 5.56 Å². The standard InChI is InChI=1S/C21H17F3N4O/c1-12-7-16(18(10-25)20(29)27-12)13-5-4-6-14(8-13)17-9-15(21(22,23)24)11-26-19(17)28(2)3/h4-9,11H,1-3H3,(H,27,29). The van der Waals surface area contributed by atoms with Gasteiger partial charge in [0.2, 0.25) is 0 Å². The van der Waals surface area contributed by atoms with Gasteiger partial charge in [-0.05, 0) is 36.2 Å². The molecule has 0 atom stereocenters. The summed E-state index contributed by atoms with van der Waals surface area (Å²) in [5.41, 5.74) is 0.915. The summed E-state index contributed by atoms with van der Waals surface area (Å²) in [4.78, 5) is 20.3. The van der Waals surface area contributed by atoms with E-state index in [1.807, 2.05) is 6.07 Å². The van der Waals surface area contributed by atoms with Crippen LogP contribution in [-0.2, 0) is 6.18 Å². The highest BCUT2D eigenvalue weighted by Crippen LogP contribution is 2.37. The van der Waals surface area contributed by atoms with E-state index in [2.05, 4.69) is 9.97 Å². The lowest BCUT2D eigenvalue weighted by Crippen LogP contribution is -2.14. The van der Waals surface area contributed by atoms with Crippen molar-refractivity contribution in [2.24, 2.45) is 0 Å². The summed E-state index contributed by atoms with van der Waals surface area (Å²) in [5, 5.41) is 9.37. The summed E-state index contributed by atoms with van der Waals surface area (Å²) in [6.07, 6.45) is -3.72. The lowest BCUT2D eigenvalue weighted by molar-refractivity contribution is -0.137. The third-order valence-corrected chi connectivity index (χ3v) is 4.38. The smallest absolute Gasteiger partial charge is 0.362 e. The number of nitrogens with one attached hydrogen (secondary N) is 1. The monoisotopic (exact) mass is 398 g/mol. The maximum Gasteiger partial charge on any atom is 0.417 e. The lowest BCUT2D eigenvalue weighted by atomic mass is 9.96. The average Bonchev–Trinajstić information content (AvgIpc) is 2.66. The molecule has 2 heterocycles. The second-order valence-electron chi connectivity index (χ2n) is 6.75. The van der Waals surface area contributed by atoms with Gasteiger partial charge in [0.25, 0.3) is 5.56 Å². The van der Waals surface area contributed by atoms with Crippen molar-refractivity contribution in [1.82, 2.24) is 9.97 Å². The van der Waals surface area contributed by atoms with Gasteiger partial charge in [-0.15, -0.1) is 0 Å². The fourth-order valence-corrected chi connectivity index (χ4v) is 3.06. The quantitative estimate of drug-likeness (QED) is 0.711. The molecule has 0 spiro atoms. The third-order valence-electron chi connectivity index (χ3n) is 4.38. The molecule has 0 aliphatic heterocycles. The number of nitriles is 1. The van der Waals surface area contributed by atoms with Crippen molar-refractivity contribution in [3.8, 4) is 28.3 Å². The molecule has 0 saturated heterocycles. The number of benzene rings is 1. The van der Waals surface area contributed by atoms with E-state index in [9.17, 15) is 23.2 Å². The van der Waals surface area contributed by atoms with E-state index in [0.29, 0.717) is 33.8 Å². The predicted octanol–water partition coefficient (Wildman–Crippen LogP) is 4.37. The van der Waals surface area contributed by atoms with E-state index in [0.717, 1.165) is 12.3 Å². The molecule has 8 heteroatoms. The molecule has 5 nitrogen and oxygen atoms in total. The van der Waals surface area contributed by atoms with E-state index >= 15 is 0 Å². The molecular formula is C21H17F3N4O. The number of aryl methyl sites for hydroxylation is 1. The number of anilines is 1. The molecule has 2 aromatic heterocycles. The van der Waals surface area contributed by atoms with Gasteiger partial charge < -0.3 is 9.88 Å². The first-order valence-electron chi connectivity index (χ1n) is 8.61. The molecule has 1 aromatic carbocycles. The van der Waals surface area contributed by atoms with Gasteiger partial charge in [-0.3, -0.25) is 4.79 Å². The summed E-state index contributed by atoms with van der Waals surface area (Å²) in [5.74, 6) is 0.373. The highest BCUT2D eigenvalue weighted by atomic mass is 19.4. The third kappa shape index (κ3) is 3.99. The van der Waals surface area contributed by atoms with Crippen LogP contribution in [0.15, 0.2) is 47.4 Å². The number of aromatic nitrogens is 2. The molecule has 0 unspecified atom stereocenters. The summed E-state index contributed by atoms with van der Waals surface area (Å²) < 4.78 is 39.7. The minimum absolute atomic E-state index is 0.0530. The average molecular weight is 398 g/mol. The first kappa shape index (κ1) is 20.1. The number of halogens is 3. The Bertz CT molecular complexity index is 1170. The number of rotatable bonds is 3. The van der Waals surface area contributed by atoms with Crippen molar-refractivity contribution >= 4 is 5.82 Å². The Hall–Kier alpha value is -3.60. The van der Waals surface area contributed by atoms with Gasteiger partial charge >= 0.3 is 6.18 Å². The van der Waals surface area contributed by atoms with E-state index in [1.54, 1.807) is 56.3 Å². The van der Waals surface area contributed by atoms with Gasteiger partial charge in [0.1, 0.15) is 17.5 Å². The number of nitrogens with zero attached hydrogens (tertiary/aromatic N) is 3. The second-order valence-corrected chi connectivity index (χ2v) is 6.75. The van der Waals surface area contributed by atoms with E-state index in [4.69, 9.17) is 0 Å². The van der Waals surface area contributed by atoms with Crippen LogP contribution in [-0.4, -0.2) is 24.1 Å². The molecule has 0 radical (unpaired) electrons. The highest BCUT2D eigenvalue weighted by Gasteiger charge is 2.32. The van der Waals surface area contributed by atoms with Crippen molar-refractivity contribution in [3.05, 3.63) is 69.8 Å². The molecule has 1 N–H and O–H groups in total. The molecule has 0 aliphatic rings. The first-order valence-corrected chi connectivity index (χ1v) is 8.61. The van der Waals surface area contributed by atoms with Gasteiger partial charge in [-0.2, -0.15) is 18.4 Å². The van der Waals surface area contributed by atoms with Crippen LogP contribution in [0.3, 0.4) is 0 Å². The summed E-state index contributed by atoms with van der Waals surface area (Å²) >= 11 is 0. The normalized spacial score (nSPS) is 11.2. The topological polar surface area (TPSA) is 72.8 Å². The van der Waals surface area contributed by atoms with E-state index in [-0.39, 0.29) is 5.56 Å². The number of alkyl halides is 3. The largest absolute Gasteiger partial charge is 0.417 e. The van der Waals surface area contributed by atoms with Crippen molar-refractivity contribution in [3.63, 3.8) is 0 Å². The molecule has 3 aromatic rings. The van der Waals surface area contributed by atoms with Crippen LogP contribution in [0.5, 0.6) is 0 Å². The number of pyridine rings is 2. The van der Waals surface area contributed by atoms with Crippen LogP contribution < -0.4 is 10.5 Å². The van der Waals surface area contributed by atoms with Crippen molar-refractivity contribution < 1.29 is 13.2 Å². The number of hydrogen-bond acceptors (Lipinski definition) is 4. The molecule has 3 rings (SSSR count). The summed E-state index contributed by atoms with van der Waals surface area (Å²) in [6, 6.07) is 11.3. The molecule has 0 amide bonds. The second kappa shape index (κ2) is 7.43. The molecule has 0 bridgehead atoms. The summed E-state index contributed by atoms with van der Waals surface area (Å²) in [6.45, 7) is 1.69. The Labute approximate surface area is 165 Å². The Balaban J connectivity index is 2.24. The molecule has 0 fully saturated rings. The fourth-order valence-electron chi connectivity index (χ4n) is 3.06. The SMILES string of the molecule is Cc1cc(-c2cccc(-c3cc(C(F)(F)F)cnc3N(C)C)c2)c(C#N)c(=O)[nH]1. The molecule has 148 valence electrons. The van der Waals surface area contributed by atoms with Crippen molar-refractivity contribution in [2.45, 2.75) is 13.1 Å². The zero-order valence-electron chi connectivity index (χ0n) is 15.9. The zero-order chi connectivity index (χ0) is 21.3. The fraction of sp³-hybridized carbons (Fsp3) is 0.190. The van der Waals surface area contributed by atoms with Crippen LogP contribution in [0.2, 0.25) is 0 Å². The predicted molar refractivity (Wildman–Crippen MR) is 105 cm³/mol. The van der Waals surface area contributed by atoms with Gasteiger partial charge in [0, 0.05) is 37.1 Å². The molecule has 0 aliphatic carbocycles.